The van der Waals surface area contributed by atoms with E-state index in [1.807, 2.05) is 0 Å². The molecule has 40 valence electrons. The average molecular weight is 97.2 g/mol. The molecule has 7 heavy (non-hydrogen) atoms. The van der Waals surface area contributed by atoms with Crippen LogP contribution in [0.4, 0.5) is 0 Å². The minimum absolute atomic E-state index is 1.09. The summed E-state index contributed by atoms with van der Waals surface area (Å²) < 4.78 is 0. The summed E-state index contributed by atoms with van der Waals surface area (Å²) >= 11 is 0. The van der Waals surface area contributed by atoms with E-state index >= 15 is 0 Å². The smallest absolute Gasteiger partial charge is 0.0460 e. The Morgan fingerprint density at radius 1 is 1.43 bits per heavy atom. The van der Waals surface area contributed by atoms with Crippen LogP contribution in [0.2, 0.25) is 0 Å². The van der Waals surface area contributed by atoms with E-state index < -0.39 is 0 Å². The molecule has 0 aromatic carbocycles. The topological polar surface area (TPSA) is 0 Å². The van der Waals surface area contributed by atoms with Crippen LogP contribution >= 0.6 is 0 Å². The summed E-state index contributed by atoms with van der Waals surface area (Å²) in [6.45, 7) is 4.44. The minimum atomic E-state index is 1.09. The van der Waals surface area contributed by atoms with Gasteiger partial charge in [0.2, 0.25) is 0 Å². The van der Waals surface area contributed by atoms with Crippen molar-refractivity contribution < 1.29 is 0 Å². The Bertz CT molecular complexity index is 51.1. The second kappa shape index (κ2) is 1.77. The molecular weight excluding hydrogens is 84.1 g/mol. The molecular formula is C7H13+. The largest absolute Gasteiger partial charge is 0.0922 e. The predicted molar refractivity (Wildman–Crippen MR) is 31.9 cm³/mol. The predicted octanol–water partition coefficient (Wildman–Crippen LogP) is 2.40. The van der Waals surface area contributed by atoms with Crippen LogP contribution in [0.25, 0.3) is 0 Å². The molecule has 0 amide bonds. The summed E-state index contributed by atoms with van der Waals surface area (Å²) in [6, 6.07) is 0. The lowest BCUT2D eigenvalue weighted by atomic mass is 10.1. The molecule has 1 rings (SSSR count). The second-order valence-corrected chi connectivity index (χ2v) is 2.85. The van der Waals surface area contributed by atoms with Gasteiger partial charge in [-0.3, -0.25) is 0 Å². The van der Waals surface area contributed by atoms with E-state index in [2.05, 4.69) is 13.8 Å². The first-order valence-corrected chi connectivity index (χ1v) is 3.08. The highest BCUT2D eigenvalue weighted by molar-refractivity contribution is 4.86. The molecule has 1 saturated carbocycles. The standard InChI is InChI=1S/C7H13/c1-6(2)5-7-3-4-7/h7H,3-5H2,1-2H3/q+1. The van der Waals surface area contributed by atoms with Crippen LogP contribution in [0.1, 0.15) is 33.1 Å². The molecule has 0 spiro atoms. The lowest BCUT2D eigenvalue weighted by molar-refractivity contribution is 0.741. The summed E-state index contributed by atoms with van der Waals surface area (Å²) in [5.41, 5.74) is 0. The fraction of sp³-hybridized carbons (Fsp3) is 0.857. The minimum Gasteiger partial charge on any atom is -0.0460 e. The summed E-state index contributed by atoms with van der Waals surface area (Å²) in [4.78, 5) is 0. The van der Waals surface area contributed by atoms with Crippen LogP contribution in [0.3, 0.4) is 0 Å². The van der Waals surface area contributed by atoms with Crippen molar-refractivity contribution in [3.8, 4) is 0 Å². The van der Waals surface area contributed by atoms with Crippen molar-refractivity contribution in [1.82, 2.24) is 0 Å². The molecule has 0 N–H and O–H groups in total. The Kier molecular flexibility index (Phi) is 1.27. The van der Waals surface area contributed by atoms with E-state index in [-0.39, 0.29) is 0 Å². The van der Waals surface area contributed by atoms with Gasteiger partial charge in [0, 0.05) is 0 Å². The van der Waals surface area contributed by atoms with Crippen LogP contribution in [0.5, 0.6) is 0 Å². The molecule has 1 aliphatic carbocycles. The van der Waals surface area contributed by atoms with Gasteiger partial charge in [-0.15, -0.1) is 0 Å². The first-order valence-electron chi connectivity index (χ1n) is 3.08. The molecule has 0 nitrogen and oxygen atoms in total. The van der Waals surface area contributed by atoms with Crippen LogP contribution in [-0.2, 0) is 0 Å². The van der Waals surface area contributed by atoms with Crippen LogP contribution < -0.4 is 0 Å². The van der Waals surface area contributed by atoms with Gasteiger partial charge in [0.15, 0.2) is 0 Å². The van der Waals surface area contributed by atoms with E-state index in [1.165, 1.54) is 19.3 Å². The van der Waals surface area contributed by atoms with Crippen molar-refractivity contribution in [2.45, 2.75) is 33.1 Å². The van der Waals surface area contributed by atoms with Gasteiger partial charge in [0.05, 0.1) is 26.2 Å². The Labute approximate surface area is 45.9 Å². The monoisotopic (exact) mass is 97.1 g/mol. The van der Waals surface area contributed by atoms with Gasteiger partial charge in [-0.05, 0) is 18.8 Å². The Morgan fingerprint density at radius 2 is 2.00 bits per heavy atom. The lowest BCUT2D eigenvalue weighted by Crippen LogP contribution is -1.83. The van der Waals surface area contributed by atoms with Gasteiger partial charge in [0.1, 0.15) is 0 Å². The molecule has 0 radical (unpaired) electrons. The van der Waals surface area contributed by atoms with Crippen molar-refractivity contribution in [3.63, 3.8) is 0 Å². The van der Waals surface area contributed by atoms with Crippen molar-refractivity contribution in [2.24, 2.45) is 5.92 Å². The number of hydrogen-bond donors (Lipinski definition) is 0. The molecule has 0 aromatic heterocycles. The Hall–Kier alpha value is -0.130. The maximum Gasteiger partial charge on any atom is 0.0922 e. The summed E-state index contributed by atoms with van der Waals surface area (Å²) in [6.07, 6.45) is 4.37. The third-order valence-corrected chi connectivity index (χ3v) is 1.39. The maximum atomic E-state index is 2.22. The number of hydrogen-bond acceptors (Lipinski definition) is 0. The molecule has 0 aromatic rings. The SMILES string of the molecule is C[C+](C)CC1CC1. The molecule has 0 heterocycles. The zero-order chi connectivity index (χ0) is 5.28. The molecule has 1 aliphatic rings. The van der Waals surface area contributed by atoms with E-state index in [9.17, 15) is 0 Å². The Morgan fingerprint density at radius 3 is 2.14 bits per heavy atom. The normalized spacial score (nSPS) is 19.7. The van der Waals surface area contributed by atoms with Gasteiger partial charge in [0.25, 0.3) is 0 Å². The molecule has 0 saturated heterocycles. The second-order valence-electron chi connectivity index (χ2n) is 2.85. The highest BCUT2D eigenvalue weighted by Gasteiger charge is 2.26. The summed E-state index contributed by atoms with van der Waals surface area (Å²) in [7, 11) is 0. The zero-order valence-corrected chi connectivity index (χ0v) is 5.20. The van der Waals surface area contributed by atoms with Crippen LogP contribution in [-0.4, -0.2) is 0 Å². The van der Waals surface area contributed by atoms with Gasteiger partial charge >= 0.3 is 0 Å². The molecule has 0 unspecified atom stereocenters. The van der Waals surface area contributed by atoms with Crippen molar-refractivity contribution in [1.29, 1.82) is 0 Å². The Balaban J connectivity index is 1.97. The fourth-order valence-corrected chi connectivity index (χ4v) is 0.899. The highest BCUT2D eigenvalue weighted by atomic mass is 14.3. The molecule has 0 aliphatic heterocycles. The van der Waals surface area contributed by atoms with E-state index in [0.717, 1.165) is 5.92 Å². The van der Waals surface area contributed by atoms with Gasteiger partial charge in [-0.25, -0.2) is 0 Å². The molecule has 0 heteroatoms. The van der Waals surface area contributed by atoms with Crippen molar-refractivity contribution >= 4 is 0 Å². The molecule has 1 fully saturated rings. The first-order chi connectivity index (χ1) is 3.29. The van der Waals surface area contributed by atoms with Gasteiger partial charge < -0.3 is 0 Å². The first kappa shape index (κ1) is 5.02. The van der Waals surface area contributed by atoms with E-state index in [1.54, 1.807) is 5.92 Å². The van der Waals surface area contributed by atoms with Gasteiger partial charge in [-0.2, -0.15) is 0 Å². The van der Waals surface area contributed by atoms with Crippen molar-refractivity contribution in [2.75, 3.05) is 0 Å². The number of rotatable bonds is 2. The summed E-state index contributed by atoms with van der Waals surface area (Å²) in [5.74, 6) is 2.69. The zero-order valence-electron chi connectivity index (χ0n) is 5.20. The van der Waals surface area contributed by atoms with Crippen LogP contribution in [0, 0.1) is 11.8 Å². The van der Waals surface area contributed by atoms with Gasteiger partial charge in [-0.1, -0.05) is 0 Å². The maximum absolute atomic E-state index is 2.22. The molecule has 0 bridgehead atoms. The average Bonchev–Trinajstić information content (AvgIpc) is 2.17. The fourth-order valence-electron chi connectivity index (χ4n) is 0.899. The quantitative estimate of drug-likeness (QED) is 0.464. The third-order valence-electron chi connectivity index (χ3n) is 1.39. The third kappa shape index (κ3) is 1.86. The van der Waals surface area contributed by atoms with Crippen molar-refractivity contribution in [3.05, 3.63) is 5.92 Å². The van der Waals surface area contributed by atoms with Crippen LogP contribution in [0.15, 0.2) is 0 Å². The van der Waals surface area contributed by atoms with E-state index in [0.29, 0.717) is 0 Å². The summed E-state index contributed by atoms with van der Waals surface area (Å²) in [5, 5.41) is 0. The lowest BCUT2D eigenvalue weighted by Gasteiger charge is -1.86. The highest BCUT2D eigenvalue weighted by Crippen LogP contribution is 2.35. The van der Waals surface area contributed by atoms with E-state index in [4.69, 9.17) is 0 Å². The molecule has 0 atom stereocenters.